The smallest absolute Gasteiger partial charge is 0.242 e. The number of rotatable bonds is 9. The summed E-state index contributed by atoms with van der Waals surface area (Å²) < 4.78 is 0. The van der Waals surface area contributed by atoms with Crippen molar-refractivity contribution in [1.82, 2.24) is 10.2 Å². The summed E-state index contributed by atoms with van der Waals surface area (Å²) in [4.78, 5) is 28.6. The quantitative estimate of drug-likeness (QED) is 0.606. The molecule has 0 aliphatic carbocycles. The second-order valence-electron chi connectivity index (χ2n) is 7.54. The molecule has 0 unspecified atom stereocenters. The van der Waals surface area contributed by atoms with Gasteiger partial charge < -0.3 is 10.2 Å². The molecule has 0 saturated heterocycles. The van der Waals surface area contributed by atoms with Gasteiger partial charge in [-0.05, 0) is 57.4 Å². The van der Waals surface area contributed by atoms with E-state index in [0.717, 1.165) is 22.4 Å². The van der Waals surface area contributed by atoms with E-state index in [1.54, 1.807) is 4.90 Å². The molecule has 29 heavy (non-hydrogen) atoms. The van der Waals surface area contributed by atoms with Crippen LogP contribution in [0.4, 0.5) is 0 Å². The highest BCUT2D eigenvalue weighted by molar-refractivity contribution is 8.00. The lowest BCUT2D eigenvalue weighted by molar-refractivity contribution is -0.138. The van der Waals surface area contributed by atoms with Gasteiger partial charge in [0.1, 0.15) is 6.04 Å². The van der Waals surface area contributed by atoms with Crippen molar-refractivity contribution in [2.75, 3.05) is 5.75 Å². The lowest BCUT2D eigenvalue weighted by Gasteiger charge is -2.30. The second-order valence-corrected chi connectivity index (χ2v) is 8.59. The van der Waals surface area contributed by atoms with Crippen molar-refractivity contribution in [3.05, 3.63) is 65.2 Å². The van der Waals surface area contributed by atoms with Crippen molar-refractivity contribution in [3.63, 3.8) is 0 Å². The first-order valence-corrected chi connectivity index (χ1v) is 11.1. The maximum absolute atomic E-state index is 13.1. The highest BCUT2D eigenvalue weighted by atomic mass is 32.2. The van der Waals surface area contributed by atoms with Crippen molar-refractivity contribution >= 4 is 23.6 Å². The second kappa shape index (κ2) is 11.1. The Balaban J connectivity index is 2.15. The zero-order valence-electron chi connectivity index (χ0n) is 18.1. The Bertz CT molecular complexity index is 820. The van der Waals surface area contributed by atoms with E-state index in [9.17, 15) is 9.59 Å². The number of carbonyl (C=O) groups excluding carboxylic acids is 2. The Hall–Kier alpha value is -2.27. The summed E-state index contributed by atoms with van der Waals surface area (Å²) in [5, 5.41) is 3.01. The number of benzene rings is 2. The van der Waals surface area contributed by atoms with Gasteiger partial charge in [0, 0.05) is 17.5 Å². The largest absolute Gasteiger partial charge is 0.352 e. The van der Waals surface area contributed by atoms with Crippen LogP contribution in [-0.4, -0.2) is 34.6 Å². The highest BCUT2D eigenvalue weighted by Crippen LogP contribution is 2.21. The van der Waals surface area contributed by atoms with Gasteiger partial charge in [0.05, 0.1) is 5.75 Å². The van der Waals surface area contributed by atoms with Crippen LogP contribution in [0.5, 0.6) is 0 Å². The van der Waals surface area contributed by atoms with E-state index >= 15 is 0 Å². The minimum atomic E-state index is -0.533. The molecule has 0 saturated carbocycles. The monoisotopic (exact) mass is 412 g/mol. The molecular weight excluding hydrogens is 380 g/mol. The van der Waals surface area contributed by atoms with Gasteiger partial charge in [-0.15, -0.1) is 11.8 Å². The lowest BCUT2D eigenvalue weighted by atomic mass is 10.1. The number of amides is 2. The Morgan fingerprint density at radius 3 is 2.31 bits per heavy atom. The summed E-state index contributed by atoms with van der Waals surface area (Å²) in [6.45, 7) is 10.3. The van der Waals surface area contributed by atoms with Crippen LogP contribution in [0, 0.1) is 13.8 Å². The van der Waals surface area contributed by atoms with Crippen LogP contribution in [0.15, 0.2) is 53.4 Å². The lowest BCUT2D eigenvalue weighted by Crippen LogP contribution is -2.50. The van der Waals surface area contributed by atoms with Gasteiger partial charge in [0.2, 0.25) is 11.8 Å². The predicted octanol–water partition coefficient (Wildman–Crippen LogP) is 4.73. The third kappa shape index (κ3) is 6.93. The van der Waals surface area contributed by atoms with Crippen molar-refractivity contribution in [2.24, 2.45) is 0 Å². The Morgan fingerprint density at radius 1 is 1.03 bits per heavy atom. The van der Waals surface area contributed by atoms with E-state index in [0.29, 0.717) is 12.3 Å². The first-order chi connectivity index (χ1) is 13.8. The first-order valence-electron chi connectivity index (χ1n) is 10.2. The zero-order valence-corrected chi connectivity index (χ0v) is 18.9. The highest BCUT2D eigenvalue weighted by Gasteiger charge is 2.27. The molecule has 0 aliphatic heterocycles. The molecule has 2 atom stereocenters. The van der Waals surface area contributed by atoms with Crippen LogP contribution < -0.4 is 5.32 Å². The molecular formula is C24H32N2O2S. The molecule has 0 aromatic heterocycles. The summed E-state index contributed by atoms with van der Waals surface area (Å²) in [5.74, 6) is 0.155. The van der Waals surface area contributed by atoms with Crippen LogP contribution >= 0.6 is 11.8 Å². The number of carbonyl (C=O) groups is 2. The van der Waals surface area contributed by atoms with Gasteiger partial charge in [-0.1, -0.05) is 48.9 Å². The predicted molar refractivity (Wildman–Crippen MR) is 121 cm³/mol. The molecule has 5 heteroatoms. The van der Waals surface area contributed by atoms with E-state index in [4.69, 9.17) is 0 Å². The number of nitrogens with zero attached hydrogens (tertiary/aromatic N) is 1. The summed E-state index contributed by atoms with van der Waals surface area (Å²) >= 11 is 1.50. The topological polar surface area (TPSA) is 49.4 Å². The van der Waals surface area contributed by atoms with Crippen LogP contribution in [0.1, 0.15) is 43.9 Å². The fourth-order valence-corrected chi connectivity index (χ4v) is 3.67. The molecule has 0 heterocycles. The van der Waals surface area contributed by atoms with Crippen molar-refractivity contribution in [3.8, 4) is 0 Å². The van der Waals surface area contributed by atoms with Gasteiger partial charge in [0.25, 0.3) is 0 Å². The van der Waals surface area contributed by atoms with E-state index in [1.165, 1.54) is 17.3 Å². The van der Waals surface area contributed by atoms with Crippen molar-refractivity contribution in [1.29, 1.82) is 0 Å². The average molecular weight is 413 g/mol. The Morgan fingerprint density at radius 2 is 1.69 bits per heavy atom. The molecule has 0 fully saturated rings. The minimum Gasteiger partial charge on any atom is -0.352 e. The van der Waals surface area contributed by atoms with Gasteiger partial charge >= 0.3 is 0 Å². The normalized spacial score (nSPS) is 12.9. The van der Waals surface area contributed by atoms with Gasteiger partial charge in [-0.3, -0.25) is 9.59 Å². The van der Waals surface area contributed by atoms with Crippen molar-refractivity contribution < 1.29 is 9.59 Å². The minimum absolute atomic E-state index is 0.0365. The number of aryl methyl sites for hydroxylation is 2. The number of nitrogens with one attached hydrogen (secondary N) is 1. The van der Waals surface area contributed by atoms with Crippen LogP contribution in [0.2, 0.25) is 0 Å². The summed E-state index contributed by atoms with van der Waals surface area (Å²) in [7, 11) is 0. The SMILES string of the molecule is CC[C@H](C)NC(=O)[C@H](C)N(Cc1ccccc1C)C(=O)CSc1ccc(C)cc1. The molecule has 2 rings (SSSR count). The van der Waals surface area contributed by atoms with Crippen LogP contribution in [-0.2, 0) is 16.1 Å². The molecule has 2 aromatic rings. The van der Waals surface area contributed by atoms with Gasteiger partial charge in [0.15, 0.2) is 0 Å². The molecule has 2 aromatic carbocycles. The summed E-state index contributed by atoms with van der Waals surface area (Å²) in [6.07, 6.45) is 0.855. The van der Waals surface area contributed by atoms with E-state index in [1.807, 2.05) is 83.1 Å². The summed E-state index contributed by atoms with van der Waals surface area (Å²) in [5.41, 5.74) is 3.37. The van der Waals surface area contributed by atoms with E-state index in [-0.39, 0.29) is 17.9 Å². The number of thioether (sulfide) groups is 1. The molecule has 0 aliphatic rings. The molecule has 0 spiro atoms. The van der Waals surface area contributed by atoms with E-state index < -0.39 is 6.04 Å². The third-order valence-electron chi connectivity index (χ3n) is 5.15. The van der Waals surface area contributed by atoms with Gasteiger partial charge in [-0.2, -0.15) is 0 Å². The molecule has 0 radical (unpaired) electrons. The van der Waals surface area contributed by atoms with Crippen LogP contribution in [0.3, 0.4) is 0 Å². The fourth-order valence-electron chi connectivity index (χ4n) is 2.88. The van der Waals surface area contributed by atoms with Crippen molar-refractivity contribution in [2.45, 2.75) is 64.6 Å². The molecule has 0 bridgehead atoms. The average Bonchev–Trinajstić information content (AvgIpc) is 2.71. The number of hydrogen-bond donors (Lipinski definition) is 1. The maximum Gasteiger partial charge on any atom is 0.242 e. The first kappa shape index (κ1) is 23.0. The third-order valence-corrected chi connectivity index (χ3v) is 6.15. The Kier molecular flexibility index (Phi) is 8.77. The van der Waals surface area contributed by atoms with Gasteiger partial charge in [-0.25, -0.2) is 0 Å². The number of hydrogen-bond acceptors (Lipinski definition) is 3. The molecule has 156 valence electrons. The fraction of sp³-hybridized carbons (Fsp3) is 0.417. The summed E-state index contributed by atoms with van der Waals surface area (Å²) in [6, 6.07) is 15.7. The molecule has 4 nitrogen and oxygen atoms in total. The van der Waals surface area contributed by atoms with E-state index in [2.05, 4.69) is 5.32 Å². The molecule has 1 N–H and O–H groups in total. The molecule has 2 amide bonds. The van der Waals surface area contributed by atoms with Crippen LogP contribution in [0.25, 0.3) is 0 Å². The maximum atomic E-state index is 13.1. The Labute approximate surface area is 179 Å². The standard InChI is InChI=1S/C24H32N2O2S/c1-6-19(4)25-24(28)20(5)26(15-21-10-8-7-9-18(21)3)23(27)16-29-22-13-11-17(2)12-14-22/h7-14,19-20H,6,15-16H2,1-5H3,(H,25,28)/t19-,20-/m0/s1. The zero-order chi connectivity index (χ0) is 21.4.